The molecule has 0 aromatic rings. The average molecular weight is 254 g/mol. The van der Waals surface area contributed by atoms with Crippen molar-refractivity contribution in [1.29, 1.82) is 0 Å². The molecule has 18 heavy (non-hydrogen) atoms. The number of carbonyl (C=O) groups excluding carboxylic acids is 2. The zero-order valence-corrected chi connectivity index (χ0v) is 11.1. The fourth-order valence-electron chi connectivity index (χ4n) is 3.10. The Hall–Kier alpha value is -1.10. The number of rotatable bonds is 4. The molecule has 1 saturated heterocycles. The molecule has 2 aliphatic rings. The summed E-state index contributed by atoms with van der Waals surface area (Å²) in [5.74, 6) is 0.648. The second-order valence-electron chi connectivity index (χ2n) is 5.22. The number of fused-ring (bicyclic) bond motifs is 1. The summed E-state index contributed by atoms with van der Waals surface area (Å²) in [6.45, 7) is 4.69. The lowest BCUT2D eigenvalue weighted by atomic mass is 9.93. The second-order valence-corrected chi connectivity index (χ2v) is 5.22. The van der Waals surface area contributed by atoms with Crippen molar-refractivity contribution in [2.75, 3.05) is 13.2 Å². The predicted molar refractivity (Wildman–Crippen MR) is 66.9 cm³/mol. The highest BCUT2D eigenvalue weighted by atomic mass is 16.5. The first-order valence-electron chi connectivity index (χ1n) is 6.84. The van der Waals surface area contributed by atoms with Crippen LogP contribution in [0.25, 0.3) is 0 Å². The monoisotopic (exact) mass is 254 g/mol. The van der Waals surface area contributed by atoms with E-state index < -0.39 is 6.04 Å². The Balaban J connectivity index is 1.86. The van der Waals surface area contributed by atoms with Gasteiger partial charge in [-0.1, -0.05) is 6.42 Å². The summed E-state index contributed by atoms with van der Waals surface area (Å²) in [5, 5.41) is 6.01. The van der Waals surface area contributed by atoms with Crippen LogP contribution in [-0.2, 0) is 14.3 Å². The molecule has 4 atom stereocenters. The Morgan fingerprint density at radius 1 is 1.44 bits per heavy atom. The van der Waals surface area contributed by atoms with E-state index in [9.17, 15) is 9.59 Å². The Morgan fingerprint density at radius 2 is 2.22 bits per heavy atom. The molecule has 5 nitrogen and oxygen atoms in total. The molecule has 4 unspecified atom stereocenters. The van der Waals surface area contributed by atoms with Crippen molar-refractivity contribution in [3.8, 4) is 0 Å². The van der Waals surface area contributed by atoms with Gasteiger partial charge in [0.15, 0.2) is 0 Å². The molecule has 1 amide bonds. The van der Waals surface area contributed by atoms with Gasteiger partial charge in [-0.2, -0.15) is 0 Å². The van der Waals surface area contributed by atoms with E-state index in [1.165, 1.54) is 12.8 Å². The fraction of sp³-hybridized carbons (Fsp3) is 0.846. The summed E-state index contributed by atoms with van der Waals surface area (Å²) in [4.78, 5) is 23.6. The third-order valence-corrected chi connectivity index (χ3v) is 4.03. The topological polar surface area (TPSA) is 67.4 Å². The summed E-state index contributed by atoms with van der Waals surface area (Å²) in [6, 6.07) is -0.700. The van der Waals surface area contributed by atoms with Gasteiger partial charge in [-0.25, -0.2) is 4.79 Å². The SMILES string of the molecule is CCOC(=O)C(C)NC(=O)C1NCC2CCCC21. The van der Waals surface area contributed by atoms with Crippen LogP contribution in [0.5, 0.6) is 0 Å². The third kappa shape index (κ3) is 2.66. The predicted octanol–water partition coefficient (Wildman–Crippen LogP) is 0.442. The highest BCUT2D eigenvalue weighted by Crippen LogP contribution is 2.37. The van der Waals surface area contributed by atoms with E-state index in [4.69, 9.17) is 4.74 Å². The van der Waals surface area contributed by atoms with Crippen molar-refractivity contribution < 1.29 is 14.3 Å². The van der Waals surface area contributed by atoms with Crippen molar-refractivity contribution in [2.24, 2.45) is 11.8 Å². The van der Waals surface area contributed by atoms with E-state index >= 15 is 0 Å². The number of hydrogen-bond donors (Lipinski definition) is 2. The van der Waals surface area contributed by atoms with E-state index in [2.05, 4.69) is 10.6 Å². The molecule has 0 spiro atoms. The molecule has 0 aromatic carbocycles. The normalized spacial score (nSPS) is 31.8. The quantitative estimate of drug-likeness (QED) is 0.715. The lowest BCUT2D eigenvalue weighted by molar-refractivity contribution is -0.147. The molecule has 1 aliphatic carbocycles. The van der Waals surface area contributed by atoms with Gasteiger partial charge in [0.05, 0.1) is 12.6 Å². The van der Waals surface area contributed by atoms with Gasteiger partial charge in [-0.15, -0.1) is 0 Å². The van der Waals surface area contributed by atoms with E-state index in [0.717, 1.165) is 13.0 Å². The van der Waals surface area contributed by atoms with Gasteiger partial charge in [0.2, 0.25) is 5.91 Å². The molecule has 2 rings (SSSR count). The van der Waals surface area contributed by atoms with Crippen LogP contribution in [0.4, 0.5) is 0 Å². The van der Waals surface area contributed by atoms with Gasteiger partial charge >= 0.3 is 5.97 Å². The van der Waals surface area contributed by atoms with E-state index in [1.54, 1.807) is 13.8 Å². The fourth-order valence-corrected chi connectivity index (χ4v) is 3.10. The van der Waals surface area contributed by atoms with Gasteiger partial charge in [-0.05, 0) is 45.1 Å². The molecule has 2 fully saturated rings. The van der Waals surface area contributed by atoms with Crippen molar-refractivity contribution in [3.05, 3.63) is 0 Å². The van der Waals surface area contributed by atoms with Crippen LogP contribution in [0.2, 0.25) is 0 Å². The number of hydrogen-bond acceptors (Lipinski definition) is 4. The maximum atomic E-state index is 12.1. The van der Waals surface area contributed by atoms with Crippen LogP contribution < -0.4 is 10.6 Å². The summed E-state index contributed by atoms with van der Waals surface area (Å²) < 4.78 is 4.88. The Labute approximate surface area is 108 Å². The molecular weight excluding hydrogens is 232 g/mol. The lowest BCUT2D eigenvalue weighted by Crippen LogP contribution is -2.49. The highest BCUT2D eigenvalue weighted by molar-refractivity contribution is 5.87. The molecular formula is C13H22N2O3. The summed E-state index contributed by atoms with van der Waals surface area (Å²) >= 11 is 0. The standard InChI is InChI=1S/C13H22N2O3/c1-3-18-13(17)8(2)15-12(16)11-10-6-4-5-9(10)7-14-11/h8-11,14H,3-7H2,1-2H3,(H,15,16). The Kier molecular flexibility index (Phi) is 4.22. The van der Waals surface area contributed by atoms with Crippen LogP contribution in [0.15, 0.2) is 0 Å². The summed E-state index contributed by atoms with van der Waals surface area (Å²) in [6.07, 6.45) is 3.55. The van der Waals surface area contributed by atoms with Gasteiger partial charge in [-0.3, -0.25) is 4.79 Å². The van der Waals surface area contributed by atoms with Gasteiger partial charge in [0.1, 0.15) is 6.04 Å². The minimum Gasteiger partial charge on any atom is -0.464 e. The maximum absolute atomic E-state index is 12.1. The zero-order chi connectivity index (χ0) is 13.1. The molecule has 2 N–H and O–H groups in total. The van der Waals surface area contributed by atoms with Crippen molar-refractivity contribution in [1.82, 2.24) is 10.6 Å². The minimum atomic E-state index is -0.570. The molecule has 102 valence electrons. The number of carbonyl (C=O) groups is 2. The number of amides is 1. The van der Waals surface area contributed by atoms with E-state index in [0.29, 0.717) is 18.4 Å². The third-order valence-electron chi connectivity index (χ3n) is 4.03. The largest absolute Gasteiger partial charge is 0.464 e. The smallest absolute Gasteiger partial charge is 0.328 e. The lowest BCUT2D eigenvalue weighted by Gasteiger charge is -2.20. The zero-order valence-electron chi connectivity index (χ0n) is 11.1. The minimum absolute atomic E-state index is 0.0649. The molecule has 1 saturated carbocycles. The first-order chi connectivity index (χ1) is 8.63. The molecule has 5 heteroatoms. The van der Waals surface area contributed by atoms with Crippen molar-refractivity contribution >= 4 is 11.9 Å². The Morgan fingerprint density at radius 3 is 2.94 bits per heavy atom. The van der Waals surface area contributed by atoms with Crippen LogP contribution in [0.3, 0.4) is 0 Å². The van der Waals surface area contributed by atoms with Crippen LogP contribution in [-0.4, -0.2) is 37.1 Å². The van der Waals surface area contributed by atoms with Crippen LogP contribution in [0.1, 0.15) is 33.1 Å². The van der Waals surface area contributed by atoms with E-state index in [-0.39, 0.29) is 17.9 Å². The van der Waals surface area contributed by atoms with Crippen LogP contribution in [0, 0.1) is 11.8 Å². The molecule has 0 radical (unpaired) electrons. The average Bonchev–Trinajstić information content (AvgIpc) is 2.90. The van der Waals surface area contributed by atoms with Gasteiger partial charge in [0.25, 0.3) is 0 Å². The molecule has 0 aromatic heterocycles. The van der Waals surface area contributed by atoms with Crippen molar-refractivity contribution in [3.63, 3.8) is 0 Å². The molecule has 0 bridgehead atoms. The first kappa shape index (κ1) is 13.3. The highest BCUT2D eigenvalue weighted by Gasteiger charge is 2.42. The molecule has 1 heterocycles. The number of ether oxygens (including phenoxy) is 1. The summed E-state index contributed by atoms with van der Waals surface area (Å²) in [5.41, 5.74) is 0. The van der Waals surface area contributed by atoms with Crippen LogP contribution >= 0.6 is 0 Å². The Bertz CT molecular complexity index is 332. The van der Waals surface area contributed by atoms with Crippen molar-refractivity contribution in [2.45, 2.75) is 45.2 Å². The first-order valence-corrected chi connectivity index (χ1v) is 6.84. The van der Waals surface area contributed by atoms with Gasteiger partial charge < -0.3 is 15.4 Å². The maximum Gasteiger partial charge on any atom is 0.328 e. The van der Waals surface area contributed by atoms with Gasteiger partial charge in [0, 0.05) is 0 Å². The number of esters is 1. The van der Waals surface area contributed by atoms with E-state index in [1.807, 2.05) is 0 Å². The summed E-state index contributed by atoms with van der Waals surface area (Å²) in [7, 11) is 0. The second kappa shape index (κ2) is 5.69. The molecule has 1 aliphatic heterocycles. The number of nitrogens with one attached hydrogen (secondary N) is 2.